The molecule has 1 aromatic carbocycles. The number of rotatable bonds is 1. The monoisotopic (exact) mass is 121 g/mol. The summed E-state index contributed by atoms with van der Waals surface area (Å²) in [5.74, 6) is 0.320. The zero-order chi connectivity index (χ0) is 6.69. The summed E-state index contributed by atoms with van der Waals surface area (Å²) < 4.78 is 0. The summed E-state index contributed by atoms with van der Waals surface area (Å²) in [6, 6.07) is 7.09. The molecular weight excluding hydrogens is 112 g/mol. The van der Waals surface area contributed by atoms with Crippen LogP contribution in [-0.4, -0.2) is 5.11 Å². The SMILES string of the molecule is C[CH]c1ccc(O)cc1. The summed E-state index contributed by atoms with van der Waals surface area (Å²) in [7, 11) is 0. The van der Waals surface area contributed by atoms with Crippen molar-refractivity contribution in [3.63, 3.8) is 0 Å². The van der Waals surface area contributed by atoms with Crippen LogP contribution < -0.4 is 0 Å². The molecule has 0 aliphatic rings. The summed E-state index contributed by atoms with van der Waals surface area (Å²) >= 11 is 0. The van der Waals surface area contributed by atoms with Crippen molar-refractivity contribution in [2.24, 2.45) is 0 Å². The predicted octanol–water partition coefficient (Wildman–Crippen LogP) is 1.96. The lowest BCUT2D eigenvalue weighted by atomic mass is 10.2. The van der Waals surface area contributed by atoms with Crippen LogP contribution in [0.3, 0.4) is 0 Å². The first kappa shape index (κ1) is 6.14. The number of phenols is 1. The number of benzene rings is 1. The van der Waals surface area contributed by atoms with Crippen LogP contribution in [0.2, 0.25) is 0 Å². The average molecular weight is 121 g/mol. The molecule has 47 valence electrons. The minimum atomic E-state index is 0.320. The van der Waals surface area contributed by atoms with Gasteiger partial charge < -0.3 is 5.11 Å². The van der Waals surface area contributed by atoms with E-state index >= 15 is 0 Å². The zero-order valence-electron chi connectivity index (χ0n) is 5.33. The van der Waals surface area contributed by atoms with Gasteiger partial charge in [0.15, 0.2) is 0 Å². The maximum absolute atomic E-state index is 8.84. The highest BCUT2D eigenvalue weighted by Gasteiger charge is 1.86. The second-order valence-corrected chi connectivity index (χ2v) is 1.88. The van der Waals surface area contributed by atoms with Crippen LogP contribution in [0.1, 0.15) is 12.5 Å². The Morgan fingerprint density at radius 1 is 1.22 bits per heavy atom. The second kappa shape index (κ2) is 2.53. The smallest absolute Gasteiger partial charge is 0.115 e. The Morgan fingerprint density at radius 2 is 1.78 bits per heavy atom. The van der Waals surface area contributed by atoms with Crippen LogP contribution in [-0.2, 0) is 0 Å². The molecule has 0 saturated carbocycles. The lowest BCUT2D eigenvalue weighted by Gasteiger charge is -1.93. The van der Waals surface area contributed by atoms with Gasteiger partial charge in [-0.3, -0.25) is 0 Å². The molecule has 1 rings (SSSR count). The average Bonchev–Trinajstić information content (AvgIpc) is 1.90. The summed E-state index contributed by atoms with van der Waals surface area (Å²) in [5, 5.41) is 8.84. The van der Waals surface area contributed by atoms with Gasteiger partial charge in [-0.05, 0) is 24.1 Å². The van der Waals surface area contributed by atoms with Crippen molar-refractivity contribution >= 4 is 0 Å². The van der Waals surface area contributed by atoms with Crippen LogP contribution >= 0.6 is 0 Å². The van der Waals surface area contributed by atoms with Gasteiger partial charge in [-0.15, -0.1) is 0 Å². The fraction of sp³-hybridized carbons (Fsp3) is 0.125. The van der Waals surface area contributed by atoms with Gasteiger partial charge >= 0.3 is 0 Å². The highest BCUT2D eigenvalue weighted by molar-refractivity contribution is 5.29. The Kier molecular flexibility index (Phi) is 1.73. The van der Waals surface area contributed by atoms with E-state index in [1.54, 1.807) is 12.1 Å². The van der Waals surface area contributed by atoms with E-state index in [4.69, 9.17) is 5.11 Å². The lowest BCUT2D eigenvalue weighted by Crippen LogP contribution is -1.72. The van der Waals surface area contributed by atoms with Crippen LogP contribution in [0.5, 0.6) is 5.75 Å². The van der Waals surface area contributed by atoms with Gasteiger partial charge in [0.25, 0.3) is 0 Å². The molecule has 0 atom stereocenters. The van der Waals surface area contributed by atoms with Crippen molar-refractivity contribution in [2.75, 3.05) is 0 Å². The van der Waals surface area contributed by atoms with Crippen molar-refractivity contribution in [1.82, 2.24) is 0 Å². The van der Waals surface area contributed by atoms with Gasteiger partial charge in [0.2, 0.25) is 0 Å². The normalized spacial score (nSPS) is 9.44. The Balaban J connectivity index is 2.88. The van der Waals surface area contributed by atoms with E-state index in [9.17, 15) is 0 Å². The Morgan fingerprint density at radius 3 is 2.22 bits per heavy atom. The quantitative estimate of drug-likeness (QED) is 0.602. The summed E-state index contributed by atoms with van der Waals surface area (Å²) in [6.45, 7) is 1.96. The maximum Gasteiger partial charge on any atom is 0.115 e. The van der Waals surface area contributed by atoms with Gasteiger partial charge in [-0.25, -0.2) is 0 Å². The minimum absolute atomic E-state index is 0.320. The van der Waals surface area contributed by atoms with Crippen molar-refractivity contribution < 1.29 is 5.11 Å². The first-order valence-corrected chi connectivity index (χ1v) is 2.91. The van der Waals surface area contributed by atoms with Crippen molar-refractivity contribution in [3.05, 3.63) is 36.2 Å². The first-order valence-electron chi connectivity index (χ1n) is 2.91. The molecule has 1 heteroatoms. The topological polar surface area (TPSA) is 20.2 Å². The second-order valence-electron chi connectivity index (χ2n) is 1.88. The first-order chi connectivity index (χ1) is 4.33. The molecular formula is C8H9O. The van der Waals surface area contributed by atoms with Crippen molar-refractivity contribution in [3.8, 4) is 5.75 Å². The minimum Gasteiger partial charge on any atom is -0.508 e. The highest BCUT2D eigenvalue weighted by atomic mass is 16.3. The van der Waals surface area contributed by atoms with E-state index in [-0.39, 0.29) is 0 Å². The van der Waals surface area contributed by atoms with E-state index in [0.717, 1.165) is 5.56 Å². The molecule has 0 aliphatic heterocycles. The third-order valence-corrected chi connectivity index (χ3v) is 1.23. The molecule has 0 saturated heterocycles. The standard InChI is InChI=1S/C8H9O/c1-2-7-3-5-8(9)6-4-7/h2-6,9H,1H3. The molecule has 0 bridgehead atoms. The summed E-state index contributed by atoms with van der Waals surface area (Å²) in [4.78, 5) is 0. The molecule has 9 heavy (non-hydrogen) atoms. The molecule has 0 unspecified atom stereocenters. The van der Waals surface area contributed by atoms with Crippen LogP contribution in [0.15, 0.2) is 24.3 Å². The molecule has 1 N–H and O–H groups in total. The predicted molar refractivity (Wildman–Crippen MR) is 37.2 cm³/mol. The Labute approximate surface area is 55.0 Å². The van der Waals surface area contributed by atoms with Crippen LogP contribution in [0.4, 0.5) is 0 Å². The summed E-state index contributed by atoms with van der Waals surface area (Å²) in [5.41, 5.74) is 1.13. The van der Waals surface area contributed by atoms with Gasteiger partial charge in [0.05, 0.1) is 0 Å². The Bertz CT molecular complexity index is 176. The van der Waals surface area contributed by atoms with Gasteiger partial charge in [0.1, 0.15) is 5.75 Å². The van der Waals surface area contributed by atoms with E-state index < -0.39 is 0 Å². The molecule has 0 spiro atoms. The molecule has 0 amide bonds. The summed E-state index contributed by atoms with van der Waals surface area (Å²) in [6.07, 6.45) is 1.99. The molecule has 1 nitrogen and oxygen atoms in total. The molecule has 0 aliphatic carbocycles. The van der Waals surface area contributed by atoms with Gasteiger partial charge in [-0.1, -0.05) is 19.1 Å². The number of hydrogen-bond donors (Lipinski definition) is 1. The van der Waals surface area contributed by atoms with Gasteiger partial charge in [-0.2, -0.15) is 0 Å². The number of hydrogen-bond acceptors (Lipinski definition) is 1. The van der Waals surface area contributed by atoms with Crippen molar-refractivity contribution in [2.45, 2.75) is 6.92 Å². The fourth-order valence-electron chi connectivity index (χ4n) is 0.667. The van der Waals surface area contributed by atoms with E-state index in [0.29, 0.717) is 5.75 Å². The lowest BCUT2D eigenvalue weighted by molar-refractivity contribution is 0.475. The molecule has 0 fully saturated rings. The zero-order valence-corrected chi connectivity index (χ0v) is 5.33. The number of phenolic OH excluding ortho intramolecular Hbond substituents is 1. The maximum atomic E-state index is 8.84. The van der Waals surface area contributed by atoms with E-state index in [1.165, 1.54) is 0 Å². The molecule has 0 heterocycles. The van der Waals surface area contributed by atoms with Crippen LogP contribution in [0, 0.1) is 6.42 Å². The van der Waals surface area contributed by atoms with Gasteiger partial charge in [0, 0.05) is 0 Å². The third-order valence-electron chi connectivity index (χ3n) is 1.23. The third kappa shape index (κ3) is 1.46. The van der Waals surface area contributed by atoms with E-state index in [2.05, 4.69) is 0 Å². The van der Waals surface area contributed by atoms with E-state index in [1.807, 2.05) is 25.5 Å². The fourth-order valence-corrected chi connectivity index (χ4v) is 0.667. The Hall–Kier alpha value is -0.980. The number of aromatic hydroxyl groups is 1. The molecule has 1 aromatic rings. The highest BCUT2D eigenvalue weighted by Crippen LogP contribution is 2.09. The molecule has 0 aromatic heterocycles. The molecule has 1 radical (unpaired) electrons. The van der Waals surface area contributed by atoms with Crippen molar-refractivity contribution in [1.29, 1.82) is 0 Å². The van der Waals surface area contributed by atoms with Crippen LogP contribution in [0.25, 0.3) is 0 Å². The largest absolute Gasteiger partial charge is 0.508 e.